The van der Waals surface area contributed by atoms with Crippen LogP contribution in [0.3, 0.4) is 0 Å². The largest absolute Gasteiger partial charge is 0.465 e. The van der Waals surface area contributed by atoms with Gasteiger partial charge < -0.3 is 9.47 Å². The molecule has 0 N–H and O–H groups in total. The first-order valence-electron chi connectivity index (χ1n) is 5.77. The lowest BCUT2D eigenvalue weighted by atomic mass is 10.1. The predicted molar refractivity (Wildman–Crippen MR) is 68.0 cm³/mol. The zero-order valence-electron chi connectivity index (χ0n) is 9.80. The van der Waals surface area contributed by atoms with Gasteiger partial charge in [0.05, 0.1) is 13.2 Å². The van der Waals surface area contributed by atoms with Crippen LogP contribution in [0.4, 0.5) is 0 Å². The van der Waals surface area contributed by atoms with E-state index < -0.39 is 0 Å². The molecule has 1 saturated heterocycles. The zero-order chi connectivity index (χ0) is 12.1. The van der Waals surface area contributed by atoms with Gasteiger partial charge in [-0.1, -0.05) is 30.3 Å². The van der Waals surface area contributed by atoms with Crippen LogP contribution in [0.25, 0.3) is 0 Å². The molecule has 1 aromatic rings. The normalized spacial score (nSPS) is 24.3. The van der Waals surface area contributed by atoms with Crippen molar-refractivity contribution in [1.29, 1.82) is 0 Å². The molecule has 3 nitrogen and oxygen atoms in total. The second-order valence-corrected chi connectivity index (χ2v) is 4.99. The lowest BCUT2D eigenvalue weighted by molar-refractivity contribution is -0.145. The Balaban J connectivity index is 2.15. The summed E-state index contributed by atoms with van der Waals surface area (Å²) >= 11 is 1.61. The van der Waals surface area contributed by atoms with E-state index in [-0.39, 0.29) is 17.3 Å². The highest BCUT2D eigenvalue weighted by atomic mass is 32.2. The van der Waals surface area contributed by atoms with Gasteiger partial charge in [-0.05, 0) is 12.5 Å². The van der Waals surface area contributed by atoms with Crippen molar-refractivity contribution < 1.29 is 14.3 Å². The van der Waals surface area contributed by atoms with E-state index in [9.17, 15) is 4.79 Å². The summed E-state index contributed by atoms with van der Waals surface area (Å²) in [4.78, 5) is 11.9. The average Bonchev–Trinajstić information content (AvgIpc) is 2.40. The van der Waals surface area contributed by atoms with E-state index in [1.165, 1.54) is 0 Å². The molecule has 0 bridgehead atoms. The van der Waals surface area contributed by atoms with Crippen LogP contribution in [0.2, 0.25) is 0 Å². The second-order valence-electron chi connectivity index (χ2n) is 3.75. The van der Waals surface area contributed by atoms with E-state index in [0.717, 1.165) is 11.3 Å². The molecule has 92 valence electrons. The number of esters is 1. The van der Waals surface area contributed by atoms with Crippen molar-refractivity contribution in [2.75, 3.05) is 19.0 Å². The van der Waals surface area contributed by atoms with Crippen molar-refractivity contribution in [3.63, 3.8) is 0 Å². The highest BCUT2D eigenvalue weighted by molar-refractivity contribution is 8.00. The molecule has 17 heavy (non-hydrogen) atoms. The molecule has 0 spiro atoms. The maximum Gasteiger partial charge on any atom is 0.322 e. The molecule has 0 unspecified atom stereocenters. The van der Waals surface area contributed by atoms with Gasteiger partial charge in [-0.2, -0.15) is 0 Å². The van der Waals surface area contributed by atoms with Crippen molar-refractivity contribution in [3.05, 3.63) is 35.9 Å². The van der Waals surface area contributed by atoms with Crippen LogP contribution >= 0.6 is 11.8 Å². The fourth-order valence-corrected chi connectivity index (χ4v) is 2.92. The molecule has 0 radical (unpaired) electrons. The van der Waals surface area contributed by atoms with Crippen molar-refractivity contribution in [2.24, 2.45) is 0 Å². The first kappa shape index (κ1) is 12.5. The first-order chi connectivity index (χ1) is 8.33. The second kappa shape index (κ2) is 6.07. The molecule has 1 heterocycles. The number of carbonyl (C=O) groups excluding carboxylic acids is 1. The molecule has 0 aromatic heterocycles. The van der Waals surface area contributed by atoms with Gasteiger partial charge in [0.25, 0.3) is 0 Å². The van der Waals surface area contributed by atoms with Gasteiger partial charge in [0.2, 0.25) is 0 Å². The van der Waals surface area contributed by atoms with E-state index in [2.05, 4.69) is 0 Å². The fourth-order valence-electron chi connectivity index (χ4n) is 1.85. The summed E-state index contributed by atoms with van der Waals surface area (Å²) in [6.45, 7) is 2.92. The maximum atomic E-state index is 11.9. The van der Waals surface area contributed by atoms with E-state index in [1.54, 1.807) is 11.8 Å². The van der Waals surface area contributed by atoms with Gasteiger partial charge in [0.1, 0.15) is 11.4 Å². The van der Waals surface area contributed by atoms with Gasteiger partial charge in [-0.25, -0.2) is 0 Å². The van der Waals surface area contributed by atoms with Crippen molar-refractivity contribution in [2.45, 2.75) is 18.3 Å². The minimum atomic E-state index is -0.244. The van der Waals surface area contributed by atoms with Crippen molar-refractivity contribution >= 4 is 17.7 Å². The summed E-state index contributed by atoms with van der Waals surface area (Å²) in [5.74, 6) is 0.665. The Morgan fingerprint density at radius 2 is 2.24 bits per heavy atom. The molecule has 0 amide bonds. The van der Waals surface area contributed by atoms with Crippen LogP contribution in [0.5, 0.6) is 0 Å². The van der Waals surface area contributed by atoms with Crippen LogP contribution in [0.1, 0.15) is 18.6 Å². The number of carbonyl (C=O) groups is 1. The third-order valence-electron chi connectivity index (χ3n) is 2.60. The Morgan fingerprint density at radius 3 is 2.94 bits per heavy atom. The summed E-state index contributed by atoms with van der Waals surface area (Å²) in [6, 6.07) is 9.85. The molecule has 4 heteroatoms. The highest BCUT2D eigenvalue weighted by Crippen LogP contribution is 2.34. The highest BCUT2D eigenvalue weighted by Gasteiger charge is 2.34. The summed E-state index contributed by atoms with van der Waals surface area (Å²) in [5.41, 5.74) is 1.04. The van der Waals surface area contributed by atoms with Crippen LogP contribution in [-0.2, 0) is 14.3 Å². The van der Waals surface area contributed by atoms with E-state index in [1.807, 2.05) is 37.3 Å². The molecule has 0 aliphatic carbocycles. The van der Waals surface area contributed by atoms with E-state index in [0.29, 0.717) is 13.2 Å². The number of hydrogen-bond donors (Lipinski definition) is 0. The molecular formula is C13H16O3S. The fraction of sp³-hybridized carbons (Fsp3) is 0.462. The number of thioether (sulfide) groups is 1. The van der Waals surface area contributed by atoms with Gasteiger partial charge in [0.15, 0.2) is 0 Å². The smallest absolute Gasteiger partial charge is 0.322 e. The van der Waals surface area contributed by atoms with E-state index >= 15 is 0 Å². The van der Waals surface area contributed by atoms with E-state index in [4.69, 9.17) is 9.47 Å². The quantitative estimate of drug-likeness (QED) is 0.774. The standard InChI is InChI=1S/C13H16O3S/c1-2-15-13(14)12-11(16-8-9-17-12)10-6-4-3-5-7-10/h3-7,11-12H,2,8-9H2,1H3/t11-,12-/m1/s1. The van der Waals surface area contributed by atoms with Gasteiger partial charge >= 0.3 is 5.97 Å². The summed E-state index contributed by atoms with van der Waals surface area (Å²) in [6.07, 6.45) is -0.186. The third-order valence-corrected chi connectivity index (χ3v) is 3.80. The molecule has 1 aliphatic heterocycles. The van der Waals surface area contributed by atoms with Gasteiger partial charge in [-0.15, -0.1) is 11.8 Å². The Labute approximate surface area is 105 Å². The Kier molecular flexibility index (Phi) is 4.45. The lowest BCUT2D eigenvalue weighted by Crippen LogP contribution is -2.33. The minimum Gasteiger partial charge on any atom is -0.465 e. The number of rotatable bonds is 3. The van der Waals surface area contributed by atoms with Crippen LogP contribution in [0, 0.1) is 0 Å². The van der Waals surface area contributed by atoms with Crippen LogP contribution in [0.15, 0.2) is 30.3 Å². The van der Waals surface area contributed by atoms with Gasteiger partial charge in [0, 0.05) is 5.75 Å². The Hall–Kier alpha value is -1.00. The van der Waals surface area contributed by atoms with Crippen molar-refractivity contribution in [1.82, 2.24) is 0 Å². The maximum absolute atomic E-state index is 11.9. The zero-order valence-corrected chi connectivity index (χ0v) is 10.6. The summed E-state index contributed by atoms with van der Waals surface area (Å²) in [7, 11) is 0. The molecule has 0 saturated carbocycles. The van der Waals surface area contributed by atoms with Crippen LogP contribution in [-0.4, -0.2) is 30.2 Å². The third kappa shape index (κ3) is 3.01. The SMILES string of the molecule is CCOC(=O)[C@@H]1SCCO[C@@H]1c1ccccc1. The monoisotopic (exact) mass is 252 g/mol. The Morgan fingerprint density at radius 1 is 1.47 bits per heavy atom. The predicted octanol–water partition coefficient (Wildman–Crippen LogP) is 2.42. The van der Waals surface area contributed by atoms with Crippen LogP contribution < -0.4 is 0 Å². The Bertz CT molecular complexity index is 366. The topological polar surface area (TPSA) is 35.5 Å². The molecular weight excluding hydrogens is 236 g/mol. The summed E-state index contributed by atoms with van der Waals surface area (Å²) in [5, 5.41) is -0.244. The number of ether oxygens (including phenoxy) is 2. The first-order valence-corrected chi connectivity index (χ1v) is 6.82. The molecule has 1 aromatic carbocycles. The summed E-state index contributed by atoms with van der Waals surface area (Å²) < 4.78 is 10.8. The van der Waals surface area contributed by atoms with Crippen molar-refractivity contribution in [3.8, 4) is 0 Å². The lowest BCUT2D eigenvalue weighted by Gasteiger charge is -2.29. The minimum absolute atomic E-state index is 0.175. The molecule has 1 fully saturated rings. The number of hydrogen-bond acceptors (Lipinski definition) is 4. The molecule has 2 atom stereocenters. The number of benzene rings is 1. The van der Waals surface area contributed by atoms with Gasteiger partial charge in [-0.3, -0.25) is 4.79 Å². The molecule has 1 aliphatic rings. The average molecular weight is 252 g/mol. The molecule has 2 rings (SSSR count).